The molecule has 1 heterocycles. The molecule has 0 bridgehead atoms. The number of hydrogen-bond acceptors (Lipinski definition) is 7. The number of carbonyl (C=O) groups excluding carboxylic acids is 6. The monoisotopic (exact) mass is 495 g/mol. The van der Waals surface area contributed by atoms with Crippen LogP contribution in [0.15, 0.2) is 12.2 Å². The Labute approximate surface area is 205 Å². The molecular formula is C23H37N5O7. The van der Waals surface area contributed by atoms with Gasteiger partial charge in [0.15, 0.2) is 0 Å². The number of carbonyl (C=O) groups is 6. The fourth-order valence-corrected chi connectivity index (χ4v) is 2.85. The molecule has 0 radical (unpaired) electrons. The highest BCUT2D eigenvalue weighted by Crippen LogP contribution is 2.12. The summed E-state index contributed by atoms with van der Waals surface area (Å²) in [5.41, 5.74) is -0.157. The minimum atomic E-state index is -0.917. The molecule has 0 fully saturated rings. The molecule has 0 aliphatic carbocycles. The van der Waals surface area contributed by atoms with Crippen molar-refractivity contribution in [3.63, 3.8) is 0 Å². The van der Waals surface area contributed by atoms with E-state index in [1.54, 1.807) is 13.8 Å². The van der Waals surface area contributed by atoms with Crippen molar-refractivity contribution in [2.75, 3.05) is 26.2 Å². The summed E-state index contributed by atoms with van der Waals surface area (Å²) in [6, 6.07) is -1.81. The predicted octanol–water partition coefficient (Wildman–Crippen LogP) is -0.164. The largest absolute Gasteiger partial charge is 0.449 e. The first-order valence-electron chi connectivity index (χ1n) is 11.5. The van der Waals surface area contributed by atoms with Crippen LogP contribution in [0.2, 0.25) is 0 Å². The van der Waals surface area contributed by atoms with Gasteiger partial charge in [0, 0.05) is 38.2 Å². The Hall–Kier alpha value is -3.44. The van der Waals surface area contributed by atoms with E-state index < -0.39 is 47.7 Å². The molecule has 1 aliphatic rings. The number of nitrogens with zero attached hydrogens (tertiary/aromatic N) is 1. The first-order valence-corrected chi connectivity index (χ1v) is 11.5. The minimum absolute atomic E-state index is 0.0977. The van der Waals surface area contributed by atoms with E-state index in [2.05, 4.69) is 21.3 Å². The number of rotatable bonds is 12. The lowest BCUT2D eigenvalue weighted by atomic mass is 9.99. The summed E-state index contributed by atoms with van der Waals surface area (Å²) in [6.07, 6.45) is 1.52. The molecule has 0 spiro atoms. The molecule has 35 heavy (non-hydrogen) atoms. The van der Waals surface area contributed by atoms with Crippen LogP contribution in [-0.4, -0.2) is 78.9 Å². The lowest BCUT2D eigenvalue weighted by molar-refractivity contribution is -0.137. The lowest BCUT2D eigenvalue weighted by Gasteiger charge is -2.24. The highest BCUT2D eigenvalue weighted by molar-refractivity contribution is 6.13. The zero-order valence-corrected chi connectivity index (χ0v) is 21.2. The summed E-state index contributed by atoms with van der Waals surface area (Å²) in [6.45, 7) is 11.2. The number of amides is 6. The van der Waals surface area contributed by atoms with Gasteiger partial charge in [-0.1, -0.05) is 34.6 Å². The molecule has 2 atom stereocenters. The fourth-order valence-electron chi connectivity index (χ4n) is 2.85. The third-order valence-corrected chi connectivity index (χ3v) is 4.81. The molecule has 0 aromatic carbocycles. The Morgan fingerprint density at radius 1 is 0.914 bits per heavy atom. The van der Waals surface area contributed by atoms with Gasteiger partial charge in [0.1, 0.15) is 12.1 Å². The van der Waals surface area contributed by atoms with E-state index in [0.29, 0.717) is 0 Å². The molecule has 0 aromatic heterocycles. The second-order valence-corrected chi connectivity index (χ2v) is 9.79. The Kier molecular flexibility index (Phi) is 11.4. The summed E-state index contributed by atoms with van der Waals surface area (Å²) in [4.78, 5) is 72.9. The molecule has 12 heteroatoms. The molecule has 0 saturated heterocycles. The second kappa shape index (κ2) is 13.4. The smallest absolute Gasteiger partial charge is 0.407 e. The number of ether oxygens (including phenoxy) is 1. The summed E-state index contributed by atoms with van der Waals surface area (Å²) in [7, 11) is 0. The molecule has 0 aromatic rings. The van der Waals surface area contributed by atoms with Crippen LogP contribution >= 0.6 is 0 Å². The van der Waals surface area contributed by atoms with Gasteiger partial charge in [-0.2, -0.15) is 0 Å². The highest BCUT2D eigenvalue weighted by atomic mass is 16.5. The Bertz CT molecular complexity index is 830. The molecule has 196 valence electrons. The average Bonchev–Trinajstić information content (AvgIpc) is 3.08. The maximum atomic E-state index is 12.7. The summed E-state index contributed by atoms with van der Waals surface area (Å²) in [5, 5.41) is 10.3. The van der Waals surface area contributed by atoms with Crippen LogP contribution in [-0.2, 0) is 28.7 Å². The maximum Gasteiger partial charge on any atom is 0.407 e. The van der Waals surface area contributed by atoms with E-state index in [1.807, 2.05) is 20.8 Å². The molecule has 12 nitrogen and oxygen atoms in total. The summed E-state index contributed by atoms with van der Waals surface area (Å²) >= 11 is 0. The van der Waals surface area contributed by atoms with E-state index in [0.717, 1.165) is 17.1 Å². The van der Waals surface area contributed by atoms with Crippen molar-refractivity contribution in [1.82, 2.24) is 26.2 Å². The van der Waals surface area contributed by atoms with Gasteiger partial charge in [0.2, 0.25) is 17.7 Å². The van der Waals surface area contributed by atoms with Gasteiger partial charge in [-0.15, -0.1) is 0 Å². The third-order valence-electron chi connectivity index (χ3n) is 4.81. The first-order chi connectivity index (χ1) is 16.2. The number of alkyl carbamates (subject to hydrolysis) is 1. The highest BCUT2D eigenvalue weighted by Gasteiger charge is 2.28. The topological polar surface area (TPSA) is 163 Å². The van der Waals surface area contributed by atoms with Crippen molar-refractivity contribution < 1.29 is 33.5 Å². The second-order valence-electron chi connectivity index (χ2n) is 9.79. The van der Waals surface area contributed by atoms with Crippen molar-refractivity contribution in [2.24, 2.45) is 11.3 Å². The van der Waals surface area contributed by atoms with Gasteiger partial charge in [-0.3, -0.25) is 28.9 Å². The van der Waals surface area contributed by atoms with Crippen molar-refractivity contribution in [1.29, 1.82) is 0 Å². The molecule has 0 unspecified atom stereocenters. The van der Waals surface area contributed by atoms with Crippen molar-refractivity contribution >= 4 is 35.6 Å². The van der Waals surface area contributed by atoms with E-state index in [4.69, 9.17) is 4.74 Å². The number of nitrogens with one attached hydrogen (secondary N) is 4. The average molecular weight is 496 g/mol. The van der Waals surface area contributed by atoms with Gasteiger partial charge in [0.25, 0.3) is 11.8 Å². The van der Waals surface area contributed by atoms with Crippen LogP contribution in [0.1, 0.15) is 48.0 Å². The fraction of sp³-hybridized carbons (Fsp3) is 0.652. The van der Waals surface area contributed by atoms with Gasteiger partial charge >= 0.3 is 6.09 Å². The molecule has 6 amide bonds. The predicted molar refractivity (Wildman–Crippen MR) is 127 cm³/mol. The van der Waals surface area contributed by atoms with Gasteiger partial charge < -0.3 is 26.0 Å². The van der Waals surface area contributed by atoms with Crippen LogP contribution in [0.3, 0.4) is 0 Å². The maximum absolute atomic E-state index is 12.7. The molecule has 0 saturated carbocycles. The first kappa shape index (κ1) is 29.6. The zero-order chi connectivity index (χ0) is 26.8. The van der Waals surface area contributed by atoms with Crippen LogP contribution in [0, 0.1) is 11.3 Å². The third kappa shape index (κ3) is 11.0. The van der Waals surface area contributed by atoms with E-state index >= 15 is 0 Å². The van der Waals surface area contributed by atoms with Crippen LogP contribution < -0.4 is 21.3 Å². The molecular weight excluding hydrogens is 458 g/mol. The quantitative estimate of drug-likeness (QED) is 0.216. The van der Waals surface area contributed by atoms with Crippen LogP contribution in [0.5, 0.6) is 0 Å². The van der Waals surface area contributed by atoms with Gasteiger partial charge in [0.05, 0.1) is 6.61 Å². The molecule has 1 aliphatic heterocycles. The standard InChI is InChI=1S/C23H37N5O7/c1-14(2)19(27-16(29)9-12-28-17(30)7-8-18(28)31)21(33)26-15(3)20(32)24-10-11-25-22(34)35-13-23(4,5)6/h7-8,14-15,19H,9-13H2,1-6H3,(H,24,32)(H,25,34)(H,26,33)(H,27,29)/t15-,19-/m0/s1. The number of hydrogen-bond donors (Lipinski definition) is 4. The Morgan fingerprint density at radius 3 is 2.03 bits per heavy atom. The van der Waals surface area contributed by atoms with E-state index in [-0.39, 0.29) is 44.0 Å². The Balaban J connectivity index is 2.41. The minimum Gasteiger partial charge on any atom is -0.449 e. The van der Waals surface area contributed by atoms with Crippen molar-refractivity contribution in [2.45, 2.75) is 60.0 Å². The zero-order valence-electron chi connectivity index (χ0n) is 21.2. The van der Waals surface area contributed by atoms with Crippen LogP contribution in [0.4, 0.5) is 4.79 Å². The SMILES string of the molecule is CC(C)[C@H](NC(=O)CCN1C(=O)C=CC1=O)C(=O)N[C@@H](C)C(=O)NCCNC(=O)OCC(C)(C)C. The summed E-state index contributed by atoms with van der Waals surface area (Å²) in [5.74, 6) is -2.77. The van der Waals surface area contributed by atoms with Gasteiger partial charge in [-0.25, -0.2) is 4.79 Å². The van der Waals surface area contributed by atoms with Crippen molar-refractivity contribution in [3.05, 3.63) is 12.2 Å². The van der Waals surface area contributed by atoms with E-state index in [1.165, 1.54) is 6.92 Å². The van der Waals surface area contributed by atoms with E-state index in [9.17, 15) is 28.8 Å². The Morgan fingerprint density at radius 2 is 1.49 bits per heavy atom. The molecule has 4 N–H and O–H groups in total. The normalized spacial score (nSPS) is 15.0. The summed E-state index contributed by atoms with van der Waals surface area (Å²) < 4.78 is 5.06. The van der Waals surface area contributed by atoms with Crippen molar-refractivity contribution in [3.8, 4) is 0 Å². The van der Waals surface area contributed by atoms with Crippen LogP contribution in [0.25, 0.3) is 0 Å². The van der Waals surface area contributed by atoms with Gasteiger partial charge in [-0.05, 0) is 18.3 Å². The number of imide groups is 1. The lowest BCUT2D eigenvalue weighted by Crippen LogP contribution is -2.55. The molecule has 1 rings (SSSR count).